The standard InChI is InChI=1S/C16H16N2O4/c1-12(20)17-14-7-8-15(16(21)9-14)18(11-19)22-10-13-5-3-2-4-6-13/h2-9,11,21H,10H2,1H3,(H,17,20). The number of amides is 2. The minimum Gasteiger partial charge on any atom is -0.506 e. The molecule has 0 atom stereocenters. The normalized spacial score (nSPS) is 10.0. The Bertz CT molecular complexity index is 658. The summed E-state index contributed by atoms with van der Waals surface area (Å²) in [5, 5.41) is 13.5. The van der Waals surface area contributed by atoms with E-state index in [2.05, 4.69) is 5.32 Å². The van der Waals surface area contributed by atoms with Crippen molar-refractivity contribution in [3.05, 3.63) is 54.1 Å². The number of nitrogens with zero attached hydrogens (tertiary/aromatic N) is 1. The van der Waals surface area contributed by atoms with Gasteiger partial charge in [0.2, 0.25) is 12.3 Å². The van der Waals surface area contributed by atoms with Crippen molar-refractivity contribution in [1.82, 2.24) is 0 Å². The molecule has 0 spiro atoms. The fraction of sp³-hybridized carbons (Fsp3) is 0.125. The highest BCUT2D eigenvalue weighted by molar-refractivity contribution is 5.89. The summed E-state index contributed by atoms with van der Waals surface area (Å²) in [6.45, 7) is 1.55. The molecule has 6 heteroatoms. The van der Waals surface area contributed by atoms with Gasteiger partial charge in [0.05, 0.1) is 0 Å². The van der Waals surface area contributed by atoms with Crippen LogP contribution in [0.15, 0.2) is 48.5 Å². The minimum atomic E-state index is -0.250. The molecule has 2 N–H and O–H groups in total. The minimum absolute atomic E-state index is 0.175. The predicted octanol–water partition coefficient (Wildman–Crippen LogP) is 2.45. The summed E-state index contributed by atoms with van der Waals surface area (Å²) >= 11 is 0. The molecule has 0 aromatic heterocycles. The average Bonchev–Trinajstić information content (AvgIpc) is 2.50. The molecular formula is C16H16N2O4. The number of benzene rings is 2. The van der Waals surface area contributed by atoms with E-state index in [1.807, 2.05) is 30.3 Å². The fourth-order valence-corrected chi connectivity index (χ4v) is 1.87. The Morgan fingerprint density at radius 2 is 2.00 bits per heavy atom. The van der Waals surface area contributed by atoms with Crippen molar-refractivity contribution in [3.63, 3.8) is 0 Å². The monoisotopic (exact) mass is 300 g/mol. The van der Waals surface area contributed by atoms with Gasteiger partial charge in [0.1, 0.15) is 18.0 Å². The summed E-state index contributed by atoms with van der Waals surface area (Å²) in [6.07, 6.45) is 0.468. The third-order valence-electron chi connectivity index (χ3n) is 2.84. The number of carbonyl (C=O) groups is 2. The van der Waals surface area contributed by atoms with Gasteiger partial charge >= 0.3 is 0 Å². The SMILES string of the molecule is CC(=O)Nc1ccc(N(C=O)OCc2ccccc2)c(O)c1. The fourth-order valence-electron chi connectivity index (χ4n) is 1.87. The van der Waals surface area contributed by atoms with Crippen LogP contribution in [0.1, 0.15) is 12.5 Å². The third-order valence-corrected chi connectivity index (χ3v) is 2.84. The topological polar surface area (TPSA) is 78.9 Å². The van der Waals surface area contributed by atoms with E-state index in [0.29, 0.717) is 12.1 Å². The highest BCUT2D eigenvalue weighted by Crippen LogP contribution is 2.30. The summed E-state index contributed by atoms with van der Waals surface area (Å²) < 4.78 is 0. The van der Waals surface area contributed by atoms with Crippen molar-refractivity contribution in [3.8, 4) is 5.75 Å². The van der Waals surface area contributed by atoms with Crippen LogP contribution in [0.3, 0.4) is 0 Å². The lowest BCUT2D eigenvalue weighted by molar-refractivity contribution is -0.115. The predicted molar refractivity (Wildman–Crippen MR) is 82.2 cm³/mol. The average molecular weight is 300 g/mol. The number of rotatable bonds is 6. The largest absolute Gasteiger partial charge is 0.506 e. The molecule has 0 aliphatic heterocycles. The number of phenolic OH excluding ortho intramolecular Hbond substituents is 1. The van der Waals surface area contributed by atoms with Crippen molar-refractivity contribution < 1.29 is 19.5 Å². The maximum absolute atomic E-state index is 11.2. The molecule has 6 nitrogen and oxygen atoms in total. The first kappa shape index (κ1) is 15.5. The number of anilines is 2. The summed E-state index contributed by atoms with van der Waals surface area (Å²) in [4.78, 5) is 27.5. The molecule has 0 unspecified atom stereocenters. The number of nitrogens with one attached hydrogen (secondary N) is 1. The Morgan fingerprint density at radius 1 is 1.27 bits per heavy atom. The summed E-state index contributed by atoms with van der Waals surface area (Å²) in [7, 11) is 0. The van der Waals surface area contributed by atoms with Crippen LogP contribution in [-0.2, 0) is 21.0 Å². The lowest BCUT2D eigenvalue weighted by atomic mass is 10.2. The first-order valence-electron chi connectivity index (χ1n) is 6.62. The molecule has 2 amide bonds. The number of carbonyl (C=O) groups excluding carboxylic acids is 2. The highest BCUT2D eigenvalue weighted by Gasteiger charge is 2.12. The molecule has 114 valence electrons. The molecular weight excluding hydrogens is 284 g/mol. The van der Waals surface area contributed by atoms with Gasteiger partial charge < -0.3 is 10.4 Å². The van der Waals surface area contributed by atoms with Crippen molar-refractivity contribution in [1.29, 1.82) is 0 Å². The van der Waals surface area contributed by atoms with E-state index in [4.69, 9.17) is 4.84 Å². The summed E-state index contributed by atoms with van der Waals surface area (Å²) in [5.74, 6) is -0.425. The zero-order chi connectivity index (χ0) is 15.9. The van der Waals surface area contributed by atoms with Gasteiger partial charge in [0, 0.05) is 18.7 Å². The second-order valence-electron chi connectivity index (χ2n) is 4.57. The summed E-state index contributed by atoms with van der Waals surface area (Å²) in [5.41, 5.74) is 1.52. The molecule has 0 aliphatic carbocycles. The first-order chi connectivity index (χ1) is 10.6. The number of aromatic hydroxyl groups is 1. The third kappa shape index (κ3) is 4.07. The van der Waals surface area contributed by atoms with Crippen molar-refractivity contribution in [2.24, 2.45) is 0 Å². The van der Waals surface area contributed by atoms with E-state index in [-0.39, 0.29) is 24.0 Å². The van der Waals surface area contributed by atoms with E-state index in [9.17, 15) is 14.7 Å². The van der Waals surface area contributed by atoms with Gasteiger partial charge in [0.15, 0.2) is 0 Å². The van der Waals surface area contributed by atoms with Gasteiger partial charge in [-0.1, -0.05) is 30.3 Å². The highest BCUT2D eigenvalue weighted by atomic mass is 16.7. The van der Waals surface area contributed by atoms with Gasteiger partial charge in [-0.05, 0) is 17.7 Å². The van der Waals surface area contributed by atoms with Crippen molar-refractivity contribution in [2.45, 2.75) is 13.5 Å². The molecule has 2 aromatic carbocycles. The second kappa shape index (κ2) is 7.24. The van der Waals surface area contributed by atoms with Crippen LogP contribution in [0.25, 0.3) is 0 Å². The summed E-state index contributed by atoms with van der Waals surface area (Å²) in [6, 6.07) is 13.7. The van der Waals surface area contributed by atoms with Crippen LogP contribution in [0.4, 0.5) is 11.4 Å². The first-order valence-corrected chi connectivity index (χ1v) is 6.62. The molecule has 0 bridgehead atoms. The van der Waals surface area contributed by atoms with Gasteiger partial charge in [-0.3, -0.25) is 14.4 Å². The maximum Gasteiger partial charge on any atom is 0.238 e. The smallest absolute Gasteiger partial charge is 0.238 e. The van der Waals surface area contributed by atoms with Crippen LogP contribution in [0, 0.1) is 0 Å². The Balaban J connectivity index is 2.10. The number of phenols is 1. The quantitative estimate of drug-likeness (QED) is 0.634. The number of hydrogen-bond acceptors (Lipinski definition) is 4. The number of hydroxylamine groups is 1. The molecule has 22 heavy (non-hydrogen) atoms. The van der Waals surface area contributed by atoms with Gasteiger partial charge in [-0.15, -0.1) is 0 Å². The molecule has 0 radical (unpaired) electrons. The molecule has 0 heterocycles. The Morgan fingerprint density at radius 3 is 2.59 bits per heavy atom. The van der Waals surface area contributed by atoms with Gasteiger partial charge in [0.25, 0.3) is 0 Å². The molecule has 2 aromatic rings. The molecule has 0 saturated carbocycles. The van der Waals surface area contributed by atoms with Crippen molar-refractivity contribution >= 4 is 23.7 Å². The Labute approximate surface area is 127 Å². The lowest BCUT2D eigenvalue weighted by Gasteiger charge is -2.18. The second-order valence-corrected chi connectivity index (χ2v) is 4.57. The van der Waals surface area contributed by atoms with Crippen LogP contribution in [0.2, 0.25) is 0 Å². The van der Waals surface area contributed by atoms with E-state index < -0.39 is 0 Å². The lowest BCUT2D eigenvalue weighted by Crippen LogP contribution is -2.21. The maximum atomic E-state index is 11.2. The van der Waals surface area contributed by atoms with Crippen LogP contribution in [0.5, 0.6) is 5.75 Å². The van der Waals surface area contributed by atoms with E-state index in [0.717, 1.165) is 10.6 Å². The molecule has 0 aliphatic rings. The Kier molecular flexibility index (Phi) is 5.11. The zero-order valence-electron chi connectivity index (χ0n) is 12.0. The van der Waals surface area contributed by atoms with E-state index >= 15 is 0 Å². The molecule has 2 rings (SSSR count). The van der Waals surface area contributed by atoms with Gasteiger partial charge in [-0.25, -0.2) is 0 Å². The van der Waals surface area contributed by atoms with E-state index in [1.165, 1.54) is 19.1 Å². The van der Waals surface area contributed by atoms with E-state index in [1.54, 1.807) is 6.07 Å². The number of hydrogen-bond donors (Lipinski definition) is 2. The molecule has 0 saturated heterocycles. The molecule has 0 fully saturated rings. The van der Waals surface area contributed by atoms with Crippen molar-refractivity contribution in [2.75, 3.05) is 10.4 Å². The van der Waals surface area contributed by atoms with Crippen LogP contribution in [-0.4, -0.2) is 17.4 Å². The van der Waals surface area contributed by atoms with Gasteiger partial charge in [-0.2, -0.15) is 5.06 Å². The Hall–Kier alpha value is -2.86. The van der Waals surface area contributed by atoms with Crippen LogP contribution < -0.4 is 10.4 Å². The zero-order valence-corrected chi connectivity index (χ0v) is 12.0. The van der Waals surface area contributed by atoms with Crippen LogP contribution >= 0.6 is 0 Å².